The Kier molecular flexibility index (Phi) is 9.73. The summed E-state index contributed by atoms with van der Waals surface area (Å²) >= 11 is 0. The van der Waals surface area contributed by atoms with Gasteiger partial charge in [-0.05, 0) is 13.8 Å². The van der Waals surface area contributed by atoms with E-state index < -0.39 is 0 Å². The summed E-state index contributed by atoms with van der Waals surface area (Å²) in [6.45, 7) is 4.19. The Labute approximate surface area is 87.9 Å². The number of benzene rings is 1. The first-order valence-corrected chi connectivity index (χ1v) is 4.82. The lowest BCUT2D eigenvalue weighted by atomic mass is 10.0. The fourth-order valence-corrected chi connectivity index (χ4v) is 0.887. The lowest BCUT2D eigenvalue weighted by Gasteiger charge is -2.05. The number of hydrogen-bond acceptors (Lipinski definition) is 2. The maximum Gasteiger partial charge on any atom is -0.0398 e. The Hall–Kier alpha value is -0.860. The average Bonchev–Trinajstić information content (AvgIpc) is 1.92. The van der Waals surface area contributed by atoms with E-state index in [1.807, 2.05) is 0 Å². The summed E-state index contributed by atoms with van der Waals surface area (Å²) in [6, 6.07) is 8.48. The van der Waals surface area contributed by atoms with Gasteiger partial charge in [-0.15, -0.1) is 0 Å². The van der Waals surface area contributed by atoms with Crippen LogP contribution in [-0.2, 0) is 0 Å². The zero-order valence-electron chi connectivity index (χ0n) is 9.55. The Morgan fingerprint density at radius 3 is 1.00 bits per heavy atom. The van der Waals surface area contributed by atoms with Gasteiger partial charge in [0, 0.05) is 0 Å². The number of rotatable bonds is 0. The summed E-state index contributed by atoms with van der Waals surface area (Å²) in [4.78, 5) is 0. The molecule has 0 unspecified atom stereocenters. The molecular formula is C12H24N2. The molecule has 1 aromatic carbocycles. The highest BCUT2D eigenvalue weighted by atomic mass is 14.0. The third kappa shape index (κ3) is 6.63. The molecule has 0 radical (unpaired) electrons. The third-order valence-corrected chi connectivity index (χ3v) is 2.22. The van der Waals surface area contributed by atoms with E-state index in [-0.39, 0.29) is 12.3 Å². The lowest BCUT2D eigenvalue weighted by molar-refractivity contribution is 0.504. The van der Waals surface area contributed by atoms with Crippen molar-refractivity contribution in [2.45, 2.75) is 39.5 Å². The largest absolute Gasteiger partial charge is 0.344 e. The van der Waals surface area contributed by atoms with E-state index in [0.29, 0.717) is 0 Å². The predicted octanol–water partition coefficient (Wildman–Crippen LogP) is 4.19. The summed E-state index contributed by atoms with van der Waals surface area (Å²) in [6.07, 6.45) is 6.00. The summed E-state index contributed by atoms with van der Waals surface area (Å²) in [7, 11) is 0. The molecule has 0 aromatic heterocycles. The van der Waals surface area contributed by atoms with Crippen LogP contribution in [0.15, 0.2) is 24.3 Å². The van der Waals surface area contributed by atoms with Gasteiger partial charge in [0.1, 0.15) is 0 Å². The molecule has 1 saturated carbocycles. The van der Waals surface area contributed by atoms with Gasteiger partial charge in [-0.25, -0.2) is 0 Å². The van der Waals surface area contributed by atoms with Crippen molar-refractivity contribution in [2.24, 2.45) is 0 Å². The van der Waals surface area contributed by atoms with Crippen molar-refractivity contribution >= 4 is 0 Å². The molecule has 82 valence electrons. The highest BCUT2D eigenvalue weighted by Gasteiger charge is 1.95. The molecule has 0 saturated heterocycles. The molecule has 14 heavy (non-hydrogen) atoms. The number of aryl methyl sites for hydroxylation is 2. The fourth-order valence-electron chi connectivity index (χ4n) is 0.887. The van der Waals surface area contributed by atoms with E-state index >= 15 is 0 Å². The van der Waals surface area contributed by atoms with E-state index in [0.717, 1.165) is 0 Å². The van der Waals surface area contributed by atoms with Crippen LogP contribution in [0.2, 0.25) is 0 Å². The summed E-state index contributed by atoms with van der Waals surface area (Å²) in [5.41, 5.74) is 2.66. The molecule has 0 spiro atoms. The molecule has 2 nitrogen and oxygen atoms in total. The van der Waals surface area contributed by atoms with Crippen molar-refractivity contribution in [1.82, 2.24) is 12.3 Å². The minimum atomic E-state index is 0. The van der Waals surface area contributed by atoms with Crippen molar-refractivity contribution in [3.05, 3.63) is 35.4 Å². The lowest BCUT2D eigenvalue weighted by Crippen LogP contribution is -1.85. The second kappa shape index (κ2) is 8.73. The zero-order valence-corrected chi connectivity index (χ0v) is 9.55. The molecule has 2 heteroatoms. The first-order chi connectivity index (χ1) is 5.79. The van der Waals surface area contributed by atoms with Crippen molar-refractivity contribution in [1.29, 1.82) is 0 Å². The standard InChI is InChI=1S/C8H10.C4H8.2H3N/c1-7-3-5-8(2)6-4-7;1-2-4-3-1;;/h3-6H,1-2H3;1-4H2;2*1H3. The molecule has 1 aliphatic carbocycles. The molecule has 0 bridgehead atoms. The predicted molar refractivity (Wildman–Crippen MR) is 64.4 cm³/mol. The quantitative estimate of drug-likeness (QED) is 0.653. The van der Waals surface area contributed by atoms with Gasteiger partial charge in [-0.3, -0.25) is 0 Å². The second-order valence-electron chi connectivity index (χ2n) is 3.57. The molecule has 0 amide bonds. The fraction of sp³-hybridized carbons (Fsp3) is 0.500. The van der Waals surface area contributed by atoms with Gasteiger partial charge in [0.05, 0.1) is 0 Å². The van der Waals surface area contributed by atoms with Crippen LogP contribution in [0.1, 0.15) is 36.8 Å². The van der Waals surface area contributed by atoms with Crippen LogP contribution in [0.5, 0.6) is 0 Å². The molecule has 1 fully saturated rings. The van der Waals surface area contributed by atoms with Gasteiger partial charge in [-0.1, -0.05) is 61.1 Å². The summed E-state index contributed by atoms with van der Waals surface area (Å²) in [5.74, 6) is 0. The first kappa shape index (κ1) is 15.6. The minimum absolute atomic E-state index is 0. The van der Waals surface area contributed by atoms with Crippen molar-refractivity contribution < 1.29 is 0 Å². The van der Waals surface area contributed by atoms with Crippen LogP contribution in [0.25, 0.3) is 0 Å². The Morgan fingerprint density at radius 2 is 0.857 bits per heavy atom. The Morgan fingerprint density at radius 1 is 0.643 bits per heavy atom. The minimum Gasteiger partial charge on any atom is -0.344 e. The highest BCUT2D eigenvalue weighted by molar-refractivity contribution is 5.19. The van der Waals surface area contributed by atoms with Gasteiger partial charge in [0.25, 0.3) is 0 Å². The summed E-state index contributed by atoms with van der Waals surface area (Å²) in [5, 5.41) is 0. The molecule has 0 atom stereocenters. The van der Waals surface area contributed by atoms with E-state index in [1.165, 1.54) is 36.8 Å². The molecule has 1 aliphatic rings. The first-order valence-electron chi connectivity index (χ1n) is 4.82. The maximum absolute atomic E-state index is 2.12. The van der Waals surface area contributed by atoms with Crippen molar-refractivity contribution in [3.8, 4) is 0 Å². The van der Waals surface area contributed by atoms with Crippen LogP contribution >= 0.6 is 0 Å². The van der Waals surface area contributed by atoms with E-state index in [9.17, 15) is 0 Å². The second-order valence-corrected chi connectivity index (χ2v) is 3.57. The number of hydrogen-bond donors (Lipinski definition) is 2. The van der Waals surface area contributed by atoms with Gasteiger partial charge in [0.2, 0.25) is 0 Å². The van der Waals surface area contributed by atoms with Gasteiger partial charge in [-0.2, -0.15) is 0 Å². The SMILES string of the molecule is C1CCC1.Cc1ccc(C)cc1.N.N. The van der Waals surface area contributed by atoms with Crippen molar-refractivity contribution in [2.75, 3.05) is 0 Å². The van der Waals surface area contributed by atoms with Crippen LogP contribution in [0.4, 0.5) is 0 Å². The van der Waals surface area contributed by atoms with Gasteiger partial charge < -0.3 is 12.3 Å². The molecule has 0 heterocycles. The summed E-state index contributed by atoms with van der Waals surface area (Å²) < 4.78 is 0. The van der Waals surface area contributed by atoms with E-state index in [4.69, 9.17) is 0 Å². The Balaban J connectivity index is 0. The average molecular weight is 196 g/mol. The van der Waals surface area contributed by atoms with Crippen LogP contribution in [0.3, 0.4) is 0 Å². The monoisotopic (exact) mass is 196 g/mol. The normalized spacial score (nSPS) is 12.1. The van der Waals surface area contributed by atoms with Crippen LogP contribution in [0, 0.1) is 13.8 Å². The van der Waals surface area contributed by atoms with Crippen molar-refractivity contribution in [3.63, 3.8) is 0 Å². The van der Waals surface area contributed by atoms with Gasteiger partial charge >= 0.3 is 0 Å². The molecular weight excluding hydrogens is 172 g/mol. The smallest absolute Gasteiger partial charge is 0.0398 e. The third-order valence-electron chi connectivity index (χ3n) is 2.22. The van der Waals surface area contributed by atoms with E-state index in [2.05, 4.69) is 38.1 Å². The molecule has 2 rings (SSSR count). The molecule has 6 N–H and O–H groups in total. The van der Waals surface area contributed by atoms with E-state index in [1.54, 1.807) is 0 Å². The maximum atomic E-state index is 2.12. The Bertz CT molecular complexity index is 187. The zero-order chi connectivity index (χ0) is 8.81. The molecule has 1 aromatic rings. The van der Waals surface area contributed by atoms with Crippen LogP contribution < -0.4 is 12.3 Å². The topological polar surface area (TPSA) is 70.0 Å². The van der Waals surface area contributed by atoms with Gasteiger partial charge in [0.15, 0.2) is 0 Å². The molecule has 0 aliphatic heterocycles. The van der Waals surface area contributed by atoms with Crippen LogP contribution in [-0.4, -0.2) is 0 Å². The highest BCUT2D eigenvalue weighted by Crippen LogP contribution is 2.15.